The Bertz CT molecular complexity index is 494. The SMILES string of the molecule is CC1=C(Sc2cc(Cl)ccc2Cl)CCCC1=O. The van der Waals surface area contributed by atoms with Crippen LogP contribution in [0.1, 0.15) is 26.2 Å². The summed E-state index contributed by atoms with van der Waals surface area (Å²) in [6.45, 7) is 1.89. The molecular formula is C13H12Cl2OS. The molecule has 0 unspecified atom stereocenters. The number of halogens is 2. The van der Waals surface area contributed by atoms with E-state index in [9.17, 15) is 4.79 Å². The van der Waals surface area contributed by atoms with Crippen molar-refractivity contribution >= 4 is 40.7 Å². The molecule has 0 aromatic heterocycles. The van der Waals surface area contributed by atoms with E-state index >= 15 is 0 Å². The quantitative estimate of drug-likeness (QED) is 0.751. The van der Waals surface area contributed by atoms with Crippen molar-refractivity contribution in [3.63, 3.8) is 0 Å². The van der Waals surface area contributed by atoms with Crippen molar-refractivity contribution < 1.29 is 4.79 Å². The number of rotatable bonds is 2. The average molecular weight is 287 g/mol. The van der Waals surface area contributed by atoms with Crippen LogP contribution in [0.15, 0.2) is 33.6 Å². The highest BCUT2D eigenvalue weighted by atomic mass is 35.5. The fraction of sp³-hybridized carbons (Fsp3) is 0.308. The Morgan fingerprint density at radius 3 is 2.76 bits per heavy atom. The molecule has 1 nitrogen and oxygen atoms in total. The molecule has 2 rings (SSSR count). The van der Waals surface area contributed by atoms with E-state index in [1.165, 1.54) is 0 Å². The minimum Gasteiger partial charge on any atom is -0.295 e. The summed E-state index contributed by atoms with van der Waals surface area (Å²) < 4.78 is 0. The molecule has 0 saturated carbocycles. The summed E-state index contributed by atoms with van der Waals surface area (Å²) >= 11 is 13.6. The Kier molecular flexibility index (Phi) is 4.18. The largest absolute Gasteiger partial charge is 0.295 e. The monoisotopic (exact) mass is 286 g/mol. The van der Waals surface area contributed by atoms with Crippen LogP contribution in [0.5, 0.6) is 0 Å². The predicted molar refractivity (Wildman–Crippen MR) is 73.9 cm³/mol. The highest BCUT2D eigenvalue weighted by Gasteiger charge is 2.18. The average Bonchev–Trinajstić information content (AvgIpc) is 2.30. The smallest absolute Gasteiger partial charge is 0.159 e. The van der Waals surface area contributed by atoms with Gasteiger partial charge in [0.1, 0.15) is 0 Å². The van der Waals surface area contributed by atoms with Crippen LogP contribution in [0.4, 0.5) is 0 Å². The summed E-state index contributed by atoms with van der Waals surface area (Å²) in [5, 5.41) is 1.34. The number of Topliss-reactive ketones (excluding diaryl/α,β-unsaturated/α-hetero) is 1. The van der Waals surface area contributed by atoms with E-state index in [0.717, 1.165) is 28.2 Å². The van der Waals surface area contributed by atoms with Crippen molar-refractivity contribution in [3.05, 3.63) is 38.7 Å². The number of thioether (sulfide) groups is 1. The first-order valence-electron chi connectivity index (χ1n) is 5.44. The molecule has 0 aliphatic heterocycles. The van der Waals surface area contributed by atoms with E-state index in [0.29, 0.717) is 16.5 Å². The van der Waals surface area contributed by atoms with Crippen molar-refractivity contribution in [3.8, 4) is 0 Å². The third kappa shape index (κ3) is 3.06. The number of ketones is 1. The van der Waals surface area contributed by atoms with Gasteiger partial charge in [0.25, 0.3) is 0 Å². The molecule has 1 aliphatic rings. The fourth-order valence-electron chi connectivity index (χ4n) is 1.76. The molecule has 1 aromatic rings. The van der Waals surface area contributed by atoms with E-state index in [2.05, 4.69) is 0 Å². The number of hydrogen-bond acceptors (Lipinski definition) is 2. The molecule has 0 N–H and O–H groups in total. The van der Waals surface area contributed by atoms with Gasteiger partial charge in [0.2, 0.25) is 0 Å². The summed E-state index contributed by atoms with van der Waals surface area (Å²) in [6, 6.07) is 5.39. The van der Waals surface area contributed by atoms with Crippen molar-refractivity contribution in [2.24, 2.45) is 0 Å². The van der Waals surface area contributed by atoms with Gasteiger partial charge < -0.3 is 0 Å². The summed E-state index contributed by atoms with van der Waals surface area (Å²) in [5.74, 6) is 0.247. The summed E-state index contributed by atoms with van der Waals surface area (Å²) in [5.41, 5.74) is 0.872. The van der Waals surface area contributed by atoms with Crippen LogP contribution in [0.3, 0.4) is 0 Å². The molecule has 0 amide bonds. The molecule has 0 fully saturated rings. The van der Waals surface area contributed by atoms with E-state index in [4.69, 9.17) is 23.2 Å². The maximum atomic E-state index is 11.6. The number of hydrogen-bond donors (Lipinski definition) is 0. The van der Waals surface area contributed by atoms with Crippen molar-refractivity contribution in [2.45, 2.75) is 31.1 Å². The standard InChI is InChI=1S/C13H12Cl2OS/c1-8-11(16)3-2-4-12(8)17-13-7-9(14)5-6-10(13)15/h5-7H,2-4H2,1H3. The van der Waals surface area contributed by atoms with E-state index in [1.54, 1.807) is 23.9 Å². The molecule has 4 heteroatoms. The van der Waals surface area contributed by atoms with Gasteiger partial charge in [-0.05, 0) is 42.9 Å². The molecule has 17 heavy (non-hydrogen) atoms. The minimum atomic E-state index is 0.247. The van der Waals surface area contributed by atoms with Crippen molar-refractivity contribution in [2.75, 3.05) is 0 Å². The predicted octanol–water partition coefficient (Wildman–Crippen LogP) is 5.11. The lowest BCUT2D eigenvalue weighted by molar-refractivity contribution is -0.115. The van der Waals surface area contributed by atoms with Gasteiger partial charge in [-0.15, -0.1) is 0 Å². The van der Waals surface area contributed by atoms with Gasteiger partial charge >= 0.3 is 0 Å². The lowest BCUT2D eigenvalue weighted by atomic mass is 9.99. The third-order valence-corrected chi connectivity index (χ3v) is 4.76. The Hall–Kier alpha value is -0.440. The van der Waals surface area contributed by atoms with Crippen LogP contribution >= 0.6 is 35.0 Å². The van der Waals surface area contributed by atoms with E-state index in [-0.39, 0.29) is 5.78 Å². The molecule has 0 heterocycles. The van der Waals surface area contributed by atoms with Crippen LogP contribution < -0.4 is 0 Å². The highest BCUT2D eigenvalue weighted by Crippen LogP contribution is 2.39. The lowest BCUT2D eigenvalue weighted by Crippen LogP contribution is -2.07. The van der Waals surface area contributed by atoms with Gasteiger partial charge in [-0.25, -0.2) is 0 Å². The van der Waals surface area contributed by atoms with Gasteiger partial charge in [-0.2, -0.15) is 0 Å². The van der Waals surface area contributed by atoms with Gasteiger partial charge in [0.05, 0.1) is 5.02 Å². The van der Waals surface area contributed by atoms with Crippen LogP contribution in [0.25, 0.3) is 0 Å². The number of carbonyl (C=O) groups is 1. The number of carbonyl (C=O) groups excluding carboxylic acids is 1. The Labute approximate surface area is 115 Å². The molecule has 0 bridgehead atoms. The van der Waals surface area contributed by atoms with Crippen LogP contribution in [-0.4, -0.2) is 5.78 Å². The van der Waals surface area contributed by atoms with Gasteiger partial charge in [0.15, 0.2) is 5.78 Å². The van der Waals surface area contributed by atoms with Crippen LogP contribution in [0, 0.1) is 0 Å². The minimum absolute atomic E-state index is 0.247. The maximum Gasteiger partial charge on any atom is 0.159 e. The molecular weight excluding hydrogens is 275 g/mol. The molecule has 0 atom stereocenters. The van der Waals surface area contributed by atoms with Crippen molar-refractivity contribution in [1.82, 2.24) is 0 Å². The molecule has 90 valence electrons. The normalized spacial score (nSPS) is 16.5. The fourth-order valence-corrected chi connectivity index (χ4v) is 3.36. The molecule has 0 radical (unpaired) electrons. The van der Waals surface area contributed by atoms with Crippen LogP contribution in [0.2, 0.25) is 10.0 Å². The Morgan fingerprint density at radius 1 is 1.24 bits per heavy atom. The number of benzene rings is 1. The van der Waals surface area contributed by atoms with Gasteiger partial charge in [0, 0.05) is 21.9 Å². The summed E-state index contributed by atoms with van der Waals surface area (Å²) in [6.07, 6.45) is 2.54. The zero-order valence-corrected chi connectivity index (χ0v) is 11.8. The molecule has 1 aromatic carbocycles. The lowest BCUT2D eigenvalue weighted by Gasteiger charge is -2.16. The van der Waals surface area contributed by atoms with Gasteiger partial charge in [-0.3, -0.25) is 4.79 Å². The second-order valence-electron chi connectivity index (χ2n) is 4.00. The second-order valence-corrected chi connectivity index (χ2v) is 5.98. The second kappa shape index (κ2) is 5.47. The zero-order chi connectivity index (χ0) is 12.4. The van der Waals surface area contributed by atoms with E-state index < -0.39 is 0 Å². The Balaban J connectivity index is 2.29. The Morgan fingerprint density at radius 2 is 2.00 bits per heavy atom. The topological polar surface area (TPSA) is 17.1 Å². The zero-order valence-electron chi connectivity index (χ0n) is 9.43. The summed E-state index contributed by atoms with van der Waals surface area (Å²) in [4.78, 5) is 13.7. The third-order valence-electron chi connectivity index (χ3n) is 2.77. The van der Waals surface area contributed by atoms with Crippen molar-refractivity contribution in [1.29, 1.82) is 0 Å². The highest BCUT2D eigenvalue weighted by molar-refractivity contribution is 8.03. The maximum absolute atomic E-state index is 11.6. The first-order valence-corrected chi connectivity index (χ1v) is 7.01. The molecule has 0 spiro atoms. The number of allylic oxidation sites excluding steroid dienone is 2. The van der Waals surface area contributed by atoms with Crippen LogP contribution in [-0.2, 0) is 4.79 Å². The van der Waals surface area contributed by atoms with E-state index in [1.807, 2.05) is 13.0 Å². The first kappa shape index (κ1) is 13.0. The van der Waals surface area contributed by atoms with Gasteiger partial charge in [-0.1, -0.05) is 35.0 Å². The molecule has 1 aliphatic carbocycles. The first-order chi connectivity index (χ1) is 8.08. The molecule has 0 saturated heterocycles. The summed E-state index contributed by atoms with van der Waals surface area (Å²) in [7, 11) is 0.